The van der Waals surface area contributed by atoms with Crippen molar-refractivity contribution in [2.75, 3.05) is 16.8 Å². The van der Waals surface area contributed by atoms with Crippen LogP contribution >= 0.6 is 0 Å². The standard InChI is InChI=1S/C14H18N2O2/c1-10(2)14(18)16-7-3-4-11-5-6-12(15-9-17)8-13(11)16/h5-6,8-10H,3-4,7H2,1-2H3,(H,15,17). The summed E-state index contributed by atoms with van der Waals surface area (Å²) in [4.78, 5) is 24.5. The average Bonchev–Trinajstić information content (AvgIpc) is 2.37. The van der Waals surface area contributed by atoms with Gasteiger partial charge < -0.3 is 10.2 Å². The lowest BCUT2D eigenvalue weighted by atomic mass is 9.99. The van der Waals surface area contributed by atoms with E-state index in [1.165, 1.54) is 5.56 Å². The molecule has 0 bridgehead atoms. The van der Waals surface area contributed by atoms with E-state index < -0.39 is 0 Å². The summed E-state index contributed by atoms with van der Waals surface area (Å²) in [7, 11) is 0. The molecule has 2 amide bonds. The Morgan fingerprint density at radius 1 is 1.44 bits per heavy atom. The number of amides is 2. The van der Waals surface area contributed by atoms with E-state index in [9.17, 15) is 9.59 Å². The zero-order chi connectivity index (χ0) is 13.1. The Labute approximate surface area is 107 Å². The second-order valence-electron chi connectivity index (χ2n) is 4.85. The molecule has 0 atom stereocenters. The summed E-state index contributed by atoms with van der Waals surface area (Å²) < 4.78 is 0. The van der Waals surface area contributed by atoms with Gasteiger partial charge in [0.05, 0.1) is 0 Å². The number of nitrogens with one attached hydrogen (secondary N) is 1. The number of nitrogens with zero attached hydrogens (tertiary/aromatic N) is 1. The summed E-state index contributed by atoms with van der Waals surface area (Å²) in [6.07, 6.45) is 2.63. The minimum atomic E-state index is -0.0152. The van der Waals surface area contributed by atoms with Gasteiger partial charge in [0.2, 0.25) is 12.3 Å². The van der Waals surface area contributed by atoms with Gasteiger partial charge in [0.25, 0.3) is 0 Å². The van der Waals surface area contributed by atoms with Crippen LogP contribution in [-0.2, 0) is 16.0 Å². The van der Waals surface area contributed by atoms with Crippen molar-refractivity contribution >= 4 is 23.7 Å². The van der Waals surface area contributed by atoms with Crippen LogP contribution in [0.5, 0.6) is 0 Å². The SMILES string of the molecule is CC(C)C(=O)N1CCCc2ccc(NC=O)cc21. The Hall–Kier alpha value is -1.84. The van der Waals surface area contributed by atoms with Crippen LogP contribution in [0.2, 0.25) is 0 Å². The second kappa shape index (κ2) is 5.21. The van der Waals surface area contributed by atoms with Crippen LogP contribution in [-0.4, -0.2) is 18.9 Å². The van der Waals surface area contributed by atoms with Gasteiger partial charge in [0.15, 0.2) is 0 Å². The largest absolute Gasteiger partial charge is 0.329 e. The number of hydrogen-bond acceptors (Lipinski definition) is 2. The third-order valence-electron chi connectivity index (χ3n) is 3.19. The lowest BCUT2D eigenvalue weighted by Crippen LogP contribution is -2.38. The van der Waals surface area contributed by atoms with Gasteiger partial charge in [-0.05, 0) is 30.5 Å². The number of anilines is 2. The quantitative estimate of drug-likeness (QED) is 0.831. The van der Waals surface area contributed by atoms with Crippen molar-refractivity contribution in [3.05, 3.63) is 23.8 Å². The van der Waals surface area contributed by atoms with Crippen molar-refractivity contribution in [1.29, 1.82) is 0 Å². The first kappa shape index (κ1) is 12.6. The Balaban J connectivity index is 2.37. The van der Waals surface area contributed by atoms with Crippen LogP contribution in [0, 0.1) is 5.92 Å². The van der Waals surface area contributed by atoms with E-state index >= 15 is 0 Å². The highest BCUT2D eigenvalue weighted by atomic mass is 16.2. The fourth-order valence-electron chi connectivity index (χ4n) is 2.27. The number of aryl methyl sites for hydroxylation is 1. The lowest BCUT2D eigenvalue weighted by Gasteiger charge is -2.31. The fraction of sp³-hybridized carbons (Fsp3) is 0.429. The molecule has 0 unspecified atom stereocenters. The number of hydrogen-bond donors (Lipinski definition) is 1. The first-order chi connectivity index (χ1) is 8.63. The number of carbonyl (C=O) groups excluding carboxylic acids is 2. The molecular weight excluding hydrogens is 228 g/mol. The van der Waals surface area contributed by atoms with Gasteiger partial charge in [0.1, 0.15) is 0 Å². The minimum Gasteiger partial charge on any atom is -0.329 e. The molecule has 96 valence electrons. The molecule has 0 fully saturated rings. The molecule has 0 aliphatic carbocycles. The molecule has 0 radical (unpaired) electrons. The van der Waals surface area contributed by atoms with Gasteiger partial charge >= 0.3 is 0 Å². The van der Waals surface area contributed by atoms with Crippen molar-refractivity contribution in [3.8, 4) is 0 Å². The molecule has 0 saturated heterocycles. The predicted molar refractivity (Wildman–Crippen MR) is 71.6 cm³/mol. The third-order valence-corrected chi connectivity index (χ3v) is 3.19. The van der Waals surface area contributed by atoms with E-state index in [2.05, 4.69) is 5.32 Å². The van der Waals surface area contributed by atoms with E-state index in [1.807, 2.05) is 36.9 Å². The maximum absolute atomic E-state index is 12.2. The van der Waals surface area contributed by atoms with E-state index in [1.54, 1.807) is 0 Å². The monoisotopic (exact) mass is 246 g/mol. The van der Waals surface area contributed by atoms with Crippen molar-refractivity contribution in [2.45, 2.75) is 26.7 Å². The first-order valence-corrected chi connectivity index (χ1v) is 6.28. The summed E-state index contributed by atoms with van der Waals surface area (Å²) in [6.45, 7) is 4.57. The van der Waals surface area contributed by atoms with Crippen molar-refractivity contribution in [1.82, 2.24) is 0 Å². The van der Waals surface area contributed by atoms with E-state index in [0.717, 1.165) is 30.8 Å². The number of fused-ring (bicyclic) bond motifs is 1. The summed E-state index contributed by atoms with van der Waals surface area (Å²) in [5.41, 5.74) is 2.84. The van der Waals surface area contributed by atoms with Gasteiger partial charge in [0, 0.05) is 23.8 Å². The molecule has 1 aliphatic heterocycles. The molecule has 4 nitrogen and oxygen atoms in total. The van der Waals surface area contributed by atoms with Crippen LogP contribution in [0.3, 0.4) is 0 Å². The Kier molecular flexibility index (Phi) is 3.65. The van der Waals surface area contributed by atoms with Gasteiger partial charge in [-0.2, -0.15) is 0 Å². The molecule has 1 aromatic rings. The molecule has 1 N–H and O–H groups in total. The predicted octanol–water partition coefficient (Wildman–Crippen LogP) is 2.19. The van der Waals surface area contributed by atoms with Crippen LogP contribution in [0.15, 0.2) is 18.2 Å². The van der Waals surface area contributed by atoms with Gasteiger partial charge in [-0.25, -0.2) is 0 Å². The van der Waals surface area contributed by atoms with Gasteiger partial charge in [-0.15, -0.1) is 0 Å². The average molecular weight is 246 g/mol. The van der Waals surface area contributed by atoms with Crippen molar-refractivity contribution in [3.63, 3.8) is 0 Å². The van der Waals surface area contributed by atoms with E-state index in [4.69, 9.17) is 0 Å². The van der Waals surface area contributed by atoms with Crippen LogP contribution in [0.25, 0.3) is 0 Å². The highest BCUT2D eigenvalue weighted by molar-refractivity contribution is 5.96. The van der Waals surface area contributed by atoms with Gasteiger partial charge in [-0.1, -0.05) is 19.9 Å². The highest BCUT2D eigenvalue weighted by Crippen LogP contribution is 2.30. The van der Waals surface area contributed by atoms with E-state index in [0.29, 0.717) is 6.41 Å². The number of benzene rings is 1. The summed E-state index contributed by atoms with van der Waals surface area (Å²) >= 11 is 0. The zero-order valence-electron chi connectivity index (χ0n) is 10.8. The Morgan fingerprint density at radius 3 is 2.89 bits per heavy atom. The maximum Gasteiger partial charge on any atom is 0.229 e. The molecule has 1 aromatic carbocycles. The fourth-order valence-corrected chi connectivity index (χ4v) is 2.27. The van der Waals surface area contributed by atoms with Crippen LogP contribution in [0.4, 0.5) is 11.4 Å². The van der Waals surface area contributed by atoms with E-state index in [-0.39, 0.29) is 11.8 Å². The molecule has 4 heteroatoms. The molecule has 0 saturated carbocycles. The molecule has 2 rings (SSSR count). The second-order valence-corrected chi connectivity index (χ2v) is 4.85. The minimum absolute atomic E-state index is 0.0152. The normalized spacial score (nSPS) is 14.3. The lowest BCUT2D eigenvalue weighted by molar-refractivity contribution is -0.121. The van der Waals surface area contributed by atoms with Crippen LogP contribution in [0.1, 0.15) is 25.8 Å². The molecular formula is C14H18N2O2. The Morgan fingerprint density at radius 2 is 2.22 bits per heavy atom. The highest BCUT2D eigenvalue weighted by Gasteiger charge is 2.24. The smallest absolute Gasteiger partial charge is 0.229 e. The molecule has 18 heavy (non-hydrogen) atoms. The number of carbonyl (C=O) groups is 2. The third kappa shape index (κ3) is 2.37. The van der Waals surface area contributed by atoms with Crippen molar-refractivity contribution in [2.24, 2.45) is 5.92 Å². The summed E-state index contributed by atoms with van der Waals surface area (Å²) in [5, 5.41) is 2.63. The maximum atomic E-state index is 12.2. The topological polar surface area (TPSA) is 49.4 Å². The Bertz CT molecular complexity index is 469. The summed E-state index contributed by atoms with van der Waals surface area (Å²) in [6, 6.07) is 5.74. The van der Waals surface area contributed by atoms with Crippen LogP contribution < -0.4 is 10.2 Å². The molecule has 0 aromatic heterocycles. The molecule has 1 aliphatic rings. The van der Waals surface area contributed by atoms with Crippen molar-refractivity contribution < 1.29 is 9.59 Å². The first-order valence-electron chi connectivity index (χ1n) is 6.28. The summed E-state index contributed by atoms with van der Waals surface area (Å²) in [5.74, 6) is 0.123. The van der Waals surface area contributed by atoms with Gasteiger partial charge in [-0.3, -0.25) is 9.59 Å². The number of rotatable bonds is 3. The zero-order valence-corrected chi connectivity index (χ0v) is 10.8. The molecule has 1 heterocycles. The molecule has 0 spiro atoms.